The summed E-state index contributed by atoms with van der Waals surface area (Å²) >= 11 is 0. The molecule has 2 atom stereocenters. The molecule has 1 aliphatic heterocycles. The Kier molecular flexibility index (Phi) is 4.73. The zero-order valence-corrected chi connectivity index (χ0v) is 13.6. The summed E-state index contributed by atoms with van der Waals surface area (Å²) in [5.41, 5.74) is -0.341. The van der Waals surface area contributed by atoms with Gasteiger partial charge in [0.25, 0.3) is 0 Å². The molecule has 1 aromatic rings. The molecule has 1 aliphatic rings. The van der Waals surface area contributed by atoms with Gasteiger partial charge in [-0.15, -0.1) is 0 Å². The Bertz CT molecular complexity index is 612. The summed E-state index contributed by atoms with van der Waals surface area (Å²) in [6, 6.07) is 9.50. The van der Waals surface area contributed by atoms with Crippen molar-refractivity contribution in [3.8, 4) is 0 Å². The number of hydrogen-bond donors (Lipinski definition) is 2. The van der Waals surface area contributed by atoms with E-state index in [1.807, 2.05) is 37.3 Å². The molecule has 0 bridgehead atoms. The Morgan fingerprint density at radius 3 is 2.48 bits per heavy atom. The molecule has 0 saturated carbocycles. The van der Waals surface area contributed by atoms with Crippen molar-refractivity contribution in [1.29, 1.82) is 0 Å². The molecular weight excluding hydrogens is 296 g/mol. The number of rotatable bonds is 5. The molecule has 6 heteroatoms. The van der Waals surface area contributed by atoms with Gasteiger partial charge in [0.1, 0.15) is 5.54 Å². The molecule has 2 rings (SSSR count). The highest BCUT2D eigenvalue weighted by atomic mass is 16.4. The molecule has 0 aliphatic carbocycles. The number of carboxylic acids is 1. The Hall–Kier alpha value is -2.37. The van der Waals surface area contributed by atoms with Crippen LogP contribution in [0.15, 0.2) is 30.3 Å². The molecule has 6 nitrogen and oxygen atoms in total. The van der Waals surface area contributed by atoms with Crippen LogP contribution in [0.4, 0.5) is 0 Å². The highest BCUT2D eigenvalue weighted by Crippen LogP contribution is 2.28. The van der Waals surface area contributed by atoms with Crippen LogP contribution in [0.5, 0.6) is 0 Å². The van der Waals surface area contributed by atoms with E-state index in [0.717, 1.165) is 5.56 Å². The summed E-state index contributed by atoms with van der Waals surface area (Å²) in [7, 11) is 0. The van der Waals surface area contributed by atoms with Crippen molar-refractivity contribution in [3.63, 3.8) is 0 Å². The summed E-state index contributed by atoms with van der Waals surface area (Å²) in [6.45, 7) is 5.08. The highest BCUT2D eigenvalue weighted by Gasteiger charge is 2.39. The molecule has 124 valence electrons. The lowest BCUT2D eigenvalue weighted by Crippen LogP contribution is -2.51. The first-order valence-corrected chi connectivity index (χ1v) is 7.62. The van der Waals surface area contributed by atoms with Crippen LogP contribution in [0.3, 0.4) is 0 Å². The van der Waals surface area contributed by atoms with Crippen LogP contribution in [0, 0.1) is 5.92 Å². The van der Waals surface area contributed by atoms with E-state index in [-0.39, 0.29) is 18.4 Å². The molecule has 1 aromatic carbocycles. The standard InChI is InChI=1S/C17H22N2O4/c1-11(12-7-5-4-6-8-12)19-10-13(9-14(19)20)15(21)18-17(2,3)16(22)23/h4-8,11,13H,9-10H2,1-3H3,(H,18,21)(H,22,23). The molecule has 23 heavy (non-hydrogen) atoms. The van der Waals surface area contributed by atoms with Gasteiger partial charge in [-0.25, -0.2) is 4.79 Å². The second-order valence-electron chi connectivity index (χ2n) is 6.45. The van der Waals surface area contributed by atoms with E-state index in [9.17, 15) is 14.4 Å². The van der Waals surface area contributed by atoms with Gasteiger partial charge in [0.05, 0.1) is 12.0 Å². The molecule has 1 fully saturated rings. The zero-order valence-electron chi connectivity index (χ0n) is 13.6. The number of benzene rings is 1. The number of carboxylic acid groups (broad SMARTS) is 1. The van der Waals surface area contributed by atoms with Crippen molar-refractivity contribution >= 4 is 17.8 Å². The predicted octanol–water partition coefficient (Wildman–Crippen LogP) is 1.58. The molecule has 0 aromatic heterocycles. The van der Waals surface area contributed by atoms with Crippen LogP contribution in [0.1, 0.15) is 38.8 Å². The van der Waals surface area contributed by atoms with Crippen molar-refractivity contribution in [2.75, 3.05) is 6.54 Å². The van der Waals surface area contributed by atoms with Gasteiger partial charge in [0.15, 0.2) is 0 Å². The van der Waals surface area contributed by atoms with E-state index in [1.165, 1.54) is 13.8 Å². The highest BCUT2D eigenvalue weighted by molar-refractivity contribution is 5.92. The van der Waals surface area contributed by atoms with Gasteiger partial charge in [-0.3, -0.25) is 9.59 Å². The quantitative estimate of drug-likeness (QED) is 0.863. The lowest BCUT2D eigenvalue weighted by molar-refractivity contribution is -0.146. The number of amides is 2. The van der Waals surface area contributed by atoms with Gasteiger partial charge < -0.3 is 15.3 Å². The fourth-order valence-corrected chi connectivity index (χ4v) is 2.66. The van der Waals surface area contributed by atoms with Gasteiger partial charge in [-0.05, 0) is 26.3 Å². The fraction of sp³-hybridized carbons (Fsp3) is 0.471. The minimum absolute atomic E-state index is 0.0883. The topological polar surface area (TPSA) is 86.7 Å². The van der Waals surface area contributed by atoms with Crippen LogP contribution in [-0.4, -0.2) is 39.9 Å². The summed E-state index contributed by atoms with van der Waals surface area (Å²) in [4.78, 5) is 37.3. The van der Waals surface area contributed by atoms with Crippen LogP contribution < -0.4 is 5.32 Å². The fourth-order valence-electron chi connectivity index (χ4n) is 2.66. The third-order valence-electron chi connectivity index (χ3n) is 4.25. The third-order valence-corrected chi connectivity index (χ3v) is 4.25. The molecule has 2 unspecified atom stereocenters. The minimum Gasteiger partial charge on any atom is -0.480 e. The molecule has 1 saturated heterocycles. The van der Waals surface area contributed by atoms with E-state index in [0.29, 0.717) is 6.54 Å². The second kappa shape index (κ2) is 6.40. The van der Waals surface area contributed by atoms with Gasteiger partial charge >= 0.3 is 5.97 Å². The first kappa shape index (κ1) is 17.0. The number of carbonyl (C=O) groups excluding carboxylic acids is 2. The van der Waals surface area contributed by atoms with E-state index in [2.05, 4.69) is 5.32 Å². The zero-order chi connectivity index (χ0) is 17.2. The van der Waals surface area contributed by atoms with Crippen molar-refractivity contribution < 1.29 is 19.5 Å². The molecule has 1 heterocycles. The van der Waals surface area contributed by atoms with Crippen molar-refractivity contribution in [2.45, 2.75) is 38.8 Å². The average molecular weight is 318 g/mol. The number of carbonyl (C=O) groups is 3. The van der Waals surface area contributed by atoms with E-state index < -0.39 is 23.3 Å². The maximum absolute atomic E-state index is 12.3. The number of hydrogen-bond acceptors (Lipinski definition) is 3. The number of nitrogens with one attached hydrogen (secondary N) is 1. The average Bonchev–Trinajstić information content (AvgIpc) is 2.89. The van der Waals surface area contributed by atoms with E-state index in [1.54, 1.807) is 4.90 Å². The lowest BCUT2D eigenvalue weighted by atomic mass is 10.0. The Labute approximate surface area is 135 Å². The lowest BCUT2D eigenvalue weighted by Gasteiger charge is -2.26. The smallest absolute Gasteiger partial charge is 0.328 e. The Morgan fingerprint density at radius 1 is 1.30 bits per heavy atom. The SMILES string of the molecule is CC(c1ccccc1)N1CC(C(=O)NC(C)(C)C(=O)O)CC1=O. The van der Waals surface area contributed by atoms with Gasteiger partial charge in [0, 0.05) is 13.0 Å². The first-order valence-electron chi connectivity index (χ1n) is 7.62. The number of aliphatic carboxylic acids is 1. The summed E-state index contributed by atoms with van der Waals surface area (Å²) in [5, 5.41) is 11.6. The van der Waals surface area contributed by atoms with Gasteiger partial charge in [0.2, 0.25) is 11.8 Å². The van der Waals surface area contributed by atoms with Crippen LogP contribution in [-0.2, 0) is 14.4 Å². The largest absolute Gasteiger partial charge is 0.480 e. The van der Waals surface area contributed by atoms with Crippen LogP contribution in [0.25, 0.3) is 0 Å². The molecule has 2 amide bonds. The normalized spacial score (nSPS) is 19.5. The summed E-state index contributed by atoms with van der Waals surface area (Å²) in [5.74, 6) is -2.11. The minimum atomic E-state index is -1.35. The number of nitrogens with zero attached hydrogens (tertiary/aromatic N) is 1. The van der Waals surface area contributed by atoms with Crippen LogP contribution >= 0.6 is 0 Å². The number of likely N-dealkylation sites (tertiary alicyclic amines) is 1. The molecular formula is C17H22N2O4. The van der Waals surface area contributed by atoms with Crippen molar-refractivity contribution in [1.82, 2.24) is 10.2 Å². The third kappa shape index (κ3) is 3.70. The summed E-state index contributed by atoms with van der Waals surface area (Å²) in [6.07, 6.45) is 0.110. The monoisotopic (exact) mass is 318 g/mol. The van der Waals surface area contributed by atoms with Gasteiger partial charge in [-0.2, -0.15) is 0 Å². The van der Waals surface area contributed by atoms with Crippen LogP contribution in [0.2, 0.25) is 0 Å². The first-order chi connectivity index (χ1) is 10.7. The molecule has 0 radical (unpaired) electrons. The van der Waals surface area contributed by atoms with Crippen molar-refractivity contribution in [2.24, 2.45) is 5.92 Å². The second-order valence-corrected chi connectivity index (χ2v) is 6.45. The Morgan fingerprint density at radius 2 is 1.91 bits per heavy atom. The maximum Gasteiger partial charge on any atom is 0.328 e. The Balaban J connectivity index is 2.05. The predicted molar refractivity (Wildman–Crippen MR) is 84.5 cm³/mol. The molecule has 2 N–H and O–H groups in total. The molecule has 0 spiro atoms. The van der Waals surface area contributed by atoms with E-state index in [4.69, 9.17) is 5.11 Å². The van der Waals surface area contributed by atoms with E-state index >= 15 is 0 Å². The van der Waals surface area contributed by atoms with Crippen molar-refractivity contribution in [3.05, 3.63) is 35.9 Å². The van der Waals surface area contributed by atoms with Gasteiger partial charge in [-0.1, -0.05) is 30.3 Å². The maximum atomic E-state index is 12.3. The summed E-state index contributed by atoms with van der Waals surface area (Å²) < 4.78 is 0.